The zero-order valence-corrected chi connectivity index (χ0v) is 11.3. The first kappa shape index (κ1) is 13.0. The number of carbonyl (C=O) groups excluding carboxylic acids is 1. The lowest BCUT2D eigenvalue weighted by Gasteiger charge is -2.08. The second-order valence-electron chi connectivity index (χ2n) is 4.48. The average Bonchev–Trinajstić information content (AvgIpc) is 2.94. The average molecular weight is 283 g/mol. The molecule has 0 aliphatic rings. The van der Waals surface area contributed by atoms with Crippen molar-refractivity contribution in [1.82, 2.24) is 9.97 Å². The summed E-state index contributed by atoms with van der Waals surface area (Å²) in [6.07, 6.45) is 1.58. The Morgan fingerprint density at radius 1 is 1.29 bits per heavy atom. The number of nitrogens with zero attached hydrogens (tertiary/aromatic N) is 1. The van der Waals surface area contributed by atoms with Gasteiger partial charge in [-0.15, -0.1) is 0 Å². The van der Waals surface area contributed by atoms with Gasteiger partial charge in [0.15, 0.2) is 11.5 Å². The normalized spacial score (nSPS) is 10.5. The van der Waals surface area contributed by atoms with Gasteiger partial charge >= 0.3 is 0 Å². The Morgan fingerprint density at radius 2 is 2.14 bits per heavy atom. The number of methoxy groups -OCH3 is 1. The van der Waals surface area contributed by atoms with Gasteiger partial charge in [0.2, 0.25) is 0 Å². The zero-order valence-electron chi connectivity index (χ0n) is 11.3. The monoisotopic (exact) mass is 283 g/mol. The molecule has 21 heavy (non-hydrogen) atoms. The van der Waals surface area contributed by atoms with Crippen molar-refractivity contribution in [1.29, 1.82) is 0 Å². The summed E-state index contributed by atoms with van der Waals surface area (Å²) in [4.78, 5) is 19.2. The van der Waals surface area contributed by atoms with Crippen LogP contribution in [-0.2, 0) is 0 Å². The smallest absolute Gasteiger partial charge is 0.255 e. The van der Waals surface area contributed by atoms with E-state index in [4.69, 9.17) is 4.74 Å². The van der Waals surface area contributed by atoms with E-state index in [-0.39, 0.29) is 11.7 Å². The Morgan fingerprint density at radius 3 is 2.90 bits per heavy atom. The van der Waals surface area contributed by atoms with Crippen LogP contribution >= 0.6 is 0 Å². The molecule has 0 fully saturated rings. The summed E-state index contributed by atoms with van der Waals surface area (Å²) in [7, 11) is 1.47. The lowest BCUT2D eigenvalue weighted by molar-refractivity contribution is 0.102. The number of aromatic hydroxyl groups is 1. The number of aromatic nitrogens is 2. The van der Waals surface area contributed by atoms with E-state index < -0.39 is 0 Å². The van der Waals surface area contributed by atoms with Gasteiger partial charge in [0, 0.05) is 17.3 Å². The number of aromatic amines is 1. The van der Waals surface area contributed by atoms with E-state index in [9.17, 15) is 9.90 Å². The molecular formula is C15H13N3O3. The minimum absolute atomic E-state index is 0.0284. The van der Waals surface area contributed by atoms with E-state index in [1.165, 1.54) is 13.2 Å². The number of phenolic OH excluding ortho intramolecular Hbond substituents is 1. The van der Waals surface area contributed by atoms with Crippen molar-refractivity contribution in [3.63, 3.8) is 0 Å². The highest BCUT2D eigenvalue weighted by molar-refractivity contribution is 6.06. The molecule has 0 aliphatic carbocycles. The van der Waals surface area contributed by atoms with Crippen LogP contribution < -0.4 is 10.1 Å². The molecule has 0 bridgehead atoms. The Labute approximate surface area is 120 Å². The molecule has 3 aromatic rings. The van der Waals surface area contributed by atoms with Gasteiger partial charge in [-0.2, -0.15) is 0 Å². The molecule has 6 nitrogen and oxygen atoms in total. The first-order valence-corrected chi connectivity index (χ1v) is 6.29. The molecule has 0 unspecified atom stereocenters. The van der Waals surface area contributed by atoms with Crippen LogP contribution in [0.5, 0.6) is 11.5 Å². The Bertz CT molecular complexity index is 811. The molecule has 106 valence electrons. The second kappa shape index (κ2) is 5.16. The molecule has 1 aromatic heterocycles. The molecule has 0 saturated heterocycles. The first-order valence-electron chi connectivity index (χ1n) is 6.29. The molecule has 3 N–H and O–H groups in total. The highest BCUT2D eigenvalue weighted by atomic mass is 16.5. The second-order valence-corrected chi connectivity index (χ2v) is 4.48. The number of amides is 1. The van der Waals surface area contributed by atoms with Crippen molar-refractivity contribution in [2.75, 3.05) is 12.4 Å². The number of hydrogen-bond donors (Lipinski definition) is 3. The summed E-state index contributed by atoms with van der Waals surface area (Å²) in [5.41, 5.74) is 2.58. The lowest BCUT2D eigenvalue weighted by atomic mass is 10.2. The van der Waals surface area contributed by atoms with Crippen LogP contribution in [0.1, 0.15) is 10.4 Å². The van der Waals surface area contributed by atoms with Gasteiger partial charge in [-0.05, 0) is 30.3 Å². The van der Waals surface area contributed by atoms with E-state index in [0.717, 1.165) is 11.0 Å². The van der Waals surface area contributed by atoms with E-state index in [1.54, 1.807) is 36.7 Å². The van der Waals surface area contributed by atoms with Crippen molar-refractivity contribution in [2.45, 2.75) is 0 Å². The molecule has 3 rings (SSSR count). The SMILES string of the molecule is COc1ccc(NC(=O)c2ccc3nc[nH]c3c2)cc1O. The van der Waals surface area contributed by atoms with Crippen LogP contribution in [0.4, 0.5) is 5.69 Å². The minimum atomic E-state index is -0.268. The highest BCUT2D eigenvalue weighted by Gasteiger charge is 2.09. The molecule has 0 saturated carbocycles. The standard InChI is InChI=1S/C15H13N3O3/c1-21-14-5-3-10(7-13(14)19)18-15(20)9-2-4-11-12(6-9)17-8-16-11/h2-8,19H,1H3,(H,16,17)(H,18,20). The number of nitrogens with one attached hydrogen (secondary N) is 2. The third kappa shape index (κ3) is 2.51. The Balaban J connectivity index is 1.83. The topological polar surface area (TPSA) is 87.2 Å². The number of rotatable bonds is 3. The van der Waals surface area contributed by atoms with Gasteiger partial charge in [0.1, 0.15) is 0 Å². The fraction of sp³-hybridized carbons (Fsp3) is 0.0667. The number of anilines is 1. The van der Waals surface area contributed by atoms with Crippen molar-refractivity contribution in [3.8, 4) is 11.5 Å². The van der Waals surface area contributed by atoms with Gasteiger partial charge in [-0.25, -0.2) is 4.98 Å². The quantitative estimate of drug-likeness (QED) is 0.689. The third-order valence-corrected chi connectivity index (χ3v) is 3.12. The Hall–Kier alpha value is -3.02. The molecular weight excluding hydrogens is 270 g/mol. The van der Waals surface area contributed by atoms with Crippen LogP contribution in [-0.4, -0.2) is 28.1 Å². The minimum Gasteiger partial charge on any atom is -0.504 e. The number of hydrogen-bond acceptors (Lipinski definition) is 4. The van der Waals surface area contributed by atoms with E-state index in [1.807, 2.05) is 0 Å². The molecule has 1 heterocycles. The maximum absolute atomic E-state index is 12.2. The highest BCUT2D eigenvalue weighted by Crippen LogP contribution is 2.28. The van der Waals surface area contributed by atoms with E-state index >= 15 is 0 Å². The Kier molecular flexibility index (Phi) is 3.19. The summed E-state index contributed by atoms with van der Waals surface area (Å²) in [6, 6.07) is 9.87. The lowest BCUT2D eigenvalue weighted by Crippen LogP contribution is -2.11. The largest absolute Gasteiger partial charge is 0.504 e. The van der Waals surface area contributed by atoms with Gasteiger partial charge in [-0.3, -0.25) is 4.79 Å². The molecule has 0 radical (unpaired) electrons. The van der Waals surface area contributed by atoms with Crippen LogP contribution in [0.2, 0.25) is 0 Å². The third-order valence-electron chi connectivity index (χ3n) is 3.12. The number of H-pyrrole nitrogens is 1. The number of imidazole rings is 1. The van der Waals surface area contributed by atoms with E-state index in [0.29, 0.717) is 17.0 Å². The summed E-state index contributed by atoms with van der Waals surface area (Å²) >= 11 is 0. The van der Waals surface area contributed by atoms with Gasteiger partial charge in [-0.1, -0.05) is 0 Å². The van der Waals surface area contributed by atoms with Crippen LogP contribution in [0.15, 0.2) is 42.7 Å². The van der Waals surface area contributed by atoms with Gasteiger partial charge < -0.3 is 20.1 Å². The summed E-state index contributed by atoms with van der Waals surface area (Å²) in [6.45, 7) is 0. The fourth-order valence-corrected chi connectivity index (χ4v) is 2.05. The van der Waals surface area contributed by atoms with Crippen molar-refractivity contribution in [2.24, 2.45) is 0 Å². The molecule has 2 aromatic carbocycles. The maximum atomic E-state index is 12.2. The number of ether oxygens (including phenoxy) is 1. The predicted octanol–water partition coefficient (Wildman–Crippen LogP) is 2.53. The summed E-state index contributed by atoms with van der Waals surface area (Å²) in [5, 5.41) is 12.4. The van der Waals surface area contributed by atoms with E-state index in [2.05, 4.69) is 15.3 Å². The molecule has 0 atom stereocenters. The molecule has 0 spiro atoms. The van der Waals surface area contributed by atoms with Crippen LogP contribution in [0.25, 0.3) is 11.0 Å². The first-order chi connectivity index (χ1) is 10.2. The van der Waals surface area contributed by atoms with Gasteiger partial charge in [0.25, 0.3) is 5.91 Å². The van der Waals surface area contributed by atoms with Crippen LogP contribution in [0, 0.1) is 0 Å². The fourth-order valence-electron chi connectivity index (χ4n) is 2.05. The number of fused-ring (bicyclic) bond motifs is 1. The van der Waals surface area contributed by atoms with Crippen LogP contribution in [0.3, 0.4) is 0 Å². The molecule has 6 heteroatoms. The molecule has 1 amide bonds. The van der Waals surface area contributed by atoms with Crippen molar-refractivity contribution < 1.29 is 14.6 Å². The summed E-state index contributed by atoms with van der Waals surface area (Å²) < 4.78 is 4.96. The number of phenols is 1. The van der Waals surface area contributed by atoms with Crippen molar-refractivity contribution in [3.05, 3.63) is 48.3 Å². The number of benzene rings is 2. The number of carbonyl (C=O) groups is 1. The van der Waals surface area contributed by atoms with Gasteiger partial charge in [0.05, 0.1) is 24.5 Å². The maximum Gasteiger partial charge on any atom is 0.255 e. The molecule has 0 aliphatic heterocycles. The predicted molar refractivity (Wildman–Crippen MR) is 78.7 cm³/mol. The zero-order chi connectivity index (χ0) is 14.8. The van der Waals surface area contributed by atoms with Crippen molar-refractivity contribution >= 4 is 22.6 Å². The summed E-state index contributed by atoms with van der Waals surface area (Å²) in [5.74, 6) is 0.0577.